The van der Waals surface area contributed by atoms with Crippen molar-refractivity contribution in [2.24, 2.45) is 4.99 Å². The number of nitrogens with zero attached hydrogens (tertiary/aromatic N) is 2. The number of aryl methyl sites for hydroxylation is 2. The van der Waals surface area contributed by atoms with E-state index in [0.717, 1.165) is 36.1 Å². The van der Waals surface area contributed by atoms with Crippen LogP contribution in [-0.4, -0.2) is 30.3 Å². The molecule has 0 aliphatic rings. The molecule has 0 saturated heterocycles. The first-order chi connectivity index (χ1) is 11.2. The highest BCUT2D eigenvalue weighted by Gasteiger charge is 2.06. The average Bonchev–Trinajstić information content (AvgIpc) is 2.89. The summed E-state index contributed by atoms with van der Waals surface area (Å²) < 4.78 is 5.54. The maximum absolute atomic E-state index is 5.54. The fourth-order valence-electron chi connectivity index (χ4n) is 1.98. The van der Waals surface area contributed by atoms with Gasteiger partial charge in [0.2, 0.25) is 5.89 Å². The highest BCUT2D eigenvalue weighted by molar-refractivity contribution is 14.0. The van der Waals surface area contributed by atoms with Gasteiger partial charge in [0.05, 0.1) is 12.2 Å². The van der Waals surface area contributed by atoms with Crippen LogP contribution in [0.1, 0.15) is 23.8 Å². The fourth-order valence-corrected chi connectivity index (χ4v) is 2.85. The van der Waals surface area contributed by atoms with Gasteiger partial charge in [-0.2, -0.15) is 0 Å². The Labute approximate surface area is 165 Å². The zero-order valence-electron chi connectivity index (χ0n) is 14.3. The second kappa shape index (κ2) is 11.4. The molecule has 5 nitrogen and oxygen atoms in total. The Bertz CT molecular complexity index is 611. The maximum atomic E-state index is 5.54. The normalized spacial score (nSPS) is 11.0. The van der Waals surface area contributed by atoms with Crippen LogP contribution in [0.2, 0.25) is 0 Å². The molecule has 0 radical (unpaired) electrons. The number of hydrogen-bond donors (Lipinski definition) is 2. The van der Waals surface area contributed by atoms with Crippen molar-refractivity contribution in [2.75, 3.05) is 19.3 Å². The summed E-state index contributed by atoms with van der Waals surface area (Å²) in [5.74, 6) is 3.39. The molecule has 24 heavy (non-hydrogen) atoms. The molecular weight excluding hydrogens is 435 g/mol. The molecule has 0 atom stereocenters. The Morgan fingerprint density at radius 3 is 2.58 bits per heavy atom. The summed E-state index contributed by atoms with van der Waals surface area (Å²) in [5.41, 5.74) is 0.933. The third-order valence-corrected chi connectivity index (χ3v) is 4.43. The Hall–Kier alpha value is -1.22. The van der Waals surface area contributed by atoms with Crippen molar-refractivity contribution in [2.45, 2.75) is 31.7 Å². The number of aromatic nitrogens is 1. The lowest BCUT2D eigenvalue weighted by molar-refractivity contribution is 0.463. The first-order valence-electron chi connectivity index (χ1n) is 7.74. The van der Waals surface area contributed by atoms with Gasteiger partial charge >= 0.3 is 0 Å². The SMILES string of the molecule is CN=C(NCCCSc1ccccc1)NCc1nc(C)c(C)o1.I. The van der Waals surface area contributed by atoms with E-state index in [9.17, 15) is 0 Å². The van der Waals surface area contributed by atoms with E-state index in [1.54, 1.807) is 7.05 Å². The van der Waals surface area contributed by atoms with Crippen LogP contribution in [0.5, 0.6) is 0 Å². The van der Waals surface area contributed by atoms with E-state index in [4.69, 9.17) is 4.42 Å². The average molecular weight is 460 g/mol. The van der Waals surface area contributed by atoms with Crippen LogP contribution < -0.4 is 10.6 Å². The summed E-state index contributed by atoms with van der Waals surface area (Å²) in [6.45, 7) is 5.28. The van der Waals surface area contributed by atoms with Crippen LogP contribution >= 0.6 is 35.7 Å². The van der Waals surface area contributed by atoms with Crippen LogP contribution in [0.3, 0.4) is 0 Å². The van der Waals surface area contributed by atoms with Gasteiger partial charge in [0, 0.05) is 18.5 Å². The lowest BCUT2D eigenvalue weighted by Crippen LogP contribution is -2.37. The van der Waals surface area contributed by atoms with Gasteiger partial charge in [-0.3, -0.25) is 4.99 Å². The number of benzene rings is 1. The molecule has 1 aromatic heterocycles. The number of thioether (sulfide) groups is 1. The Morgan fingerprint density at radius 1 is 1.21 bits per heavy atom. The predicted octanol–water partition coefficient (Wildman–Crippen LogP) is 3.76. The molecule has 2 N–H and O–H groups in total. The molecule has 1 heterocycles. The van der Waals surface area contributed by atoms with Gasteiger partial charge in [-0.15, -0.1) is 35.7 Å². The minimum atomic E-state index is 0. The highest BCUT2D eigenvalue weighted by Crippen LogP contribution is 2.17. The van der Waals surface area contributed by atoms with Gasteiger partial charge in [0.15, 0.2) is 5.96 Å². The van der Waals surface area contributed by atoms with Crippen LogP contribution in [0.15, 0.2) is 44.6 Å². The zero-order valence-corrected chi connectivity index (χ0v) is 17.5. The molecular formula is C17H25IN4OS. The lowest BCUT2D eigenvalue weighted by atomic mass is 10.4. The van der Waals surface area contributed by atoms with E-state index in [1.807, 2.05) is 31.7 Å². The van der Waals surface area contributed by atoms with Gasteiger partial charge < -0.3 is 15.1 Å². The Kier molecular flexibility index (Phi) is 9.85. The van der Waals surface area contributed by atoms with Crippen molar-refractivity contribution in [3.05, 3.63) is 47.7 Å². The van der Waals surface area contributed by atoms with Crippen LogP contribution in [0.4, 0.5) is 0 Å². The van der Waals surface area contributed by atoms with Crippen molar-refractivity contribution < 1.29 is 4.42 Å². The standard InChI is InChI=1S/C17H24N4OS.HI/c1-13-14(2)22-16(21-13)12-20-17(18-3)19-10-7-11-23-15-8-5-4-6-9-15;/h4-6,8-9H,7,10-12H2,1-3H3,(H2,18,19,20);1H. The first-order valence-corrected chi connectivity index (χ1v) is 8.73. The summed E-state index contributed by atoms with van der Waals surface area (Å²) in [6, 6.07) is 10.5. The van der Waals surface area contributed by atoms with Crippen LogP contribution in [0.25, 0.3) is 0 Å². The van der Waals surface area contributed by atoms with Crippen molar-refractivity contribution >= 4 is 41.7 Å². The predicted molar refractivity (Wildman–Crippen MR) is 111 cm³/mol. The summed E-state index contributed by atoms with van der Waals surface area (Å²) in [5, 5.41) is 6.51. The number of guanidine groups is 1. The smallest absolute Gasteiger partial charge is 0.214 e. The zero-order chi connectivity index (χ0) is 16.5. The Balaban J connectivity index is 0.00000288. The number of rotatable bonds is 7. The number of oxazole rings is 1. The quantitative estimate of drug-likeness (QED) is 0.217. The van der Waals surface area contributed by atoms with Crippen molar-refractivity contribution in [3.63, 3.8) is 0 Å². The van der Waals surface area contributed by atoms with E-state index in [2.05, 4.69) is 44.9 Å². The molecule has 0 unspecified atom stereocenters. The van der Waals surface area contributed by atoms with Crippen molar-refractivity contribution in [1.29, 1.82) is 0 Å². The summed E-state index contributed by atoms with van der Waals surface area (Å²) >= 11 is 1.87. The van der Waals surface area contributed by atoms with E-state index in [0.29, 0.717) is 12.4 Å². The van der Waals surface area contributed by atoms with Crippen LogP contribution in [-0.2, 0) is 6.54 Å². The summed E-state index contributed by atoms with van der Waals surface area (Å²) in [4.78, 5) is 9.86. The Morgan fingerprint density at radius 2 is 1.96 bits per heavy atom. The molecule has 1 aromatic carbocycles. The minimum Gasteiger partial charge on any atom is -0.444 e. The van der Waals surface area contributed by atoms with E-state index >= 15 is 0 Å². The third-order valence-electron chi connectivity index (χ3n) is 3.33. The molecule has 132 valence electrons. The minimum absolute atomic E-state index is 0. The maximum Gasteiger partial charge on any atom is 0.214 e. The van der Waals surface area contributed by atoms with Crippen molar-refractivity contribution in [1.82, 2.24) is 15.6 Å². The highest BCUT2D eigenvalue weighted by atomic mass is 127. The number of aliphatic imine (C=N–C) groups is 1. The molecule has 0 fully saturated rings. The molecule has 7 heteroatoms. The van der Waals surface area contributed by atoms with Gasteiger partial charge in [0.1, 0.15) is 5.76 Å². The van der Waals surface area contributed by atoms with Gasteiger partial charge in [-0.05, 0) is 38.2 Å². The molecule has 2 aromatic rings. The molecule has 0 spiro atoms. The van der Waals surface area contributed by atoms with E-state index in [-0.39, 0.29) is 24.0 Å². The molecule has 0 saturated carbocycles. The second-order valence-electron chi connectivity index (χ2n) is 5.12. The van der Waals surface area contributed by atoms with Gasteiger partial charge in [-0.1, -0.05) is 18.2 Å². The summed E-state index contributed by atoms with van der Waals surface area (Å²) in [6.07, 6.45) is 1.07. The number of halogens is 1. The van der Waals surface area contributed by atoms with Gasteiger partial charge in [0.25, 0.3) is 0 Å². The van der Waals surface area contributed by atoms with Gasteiger partial charge in [-0.25, -0.2) is 4.98 Å². The summed E-state index contributed by atoms with van der Waals surface area (Å²) in [7, 11) is 1.76. The van der Waals surface area contributed by atoms with E-state index in [1.165, 1.54) is 4.90 Å². The van der Waals surface area contributed by atoms with Crippen LogP contribution in [0, 0.1) is 13.8 Å². The number of hydrogen-bond acceptors (Lipinski definition) is 4. The fraction of sp³-hybridized carbons (Fsp3) is 0.412. The molecule has 0 amide bonds. The second-order valence-corrected chi connectivity index (χ2v) is 6.29. The number of nitrogens with one attached hydrogen (secondary N) is 2. The third kappa shape index (κ3) is 7.12. The molecule has 0 aliphatic carbocycles. The van der Waals surface area contributed by atoms with Crippen molar-refractivity contribution in [3.8, 4) is 0 Å². The lowest BCUT2D eigenvalue weighted by Gasteiger charge is -2.10. The molecule has 0 bridgehead atoms. The monoisotopic (exact) mass is 460 g/mol. The molecule has 0 aliphatic heterocycles. The topological polar surface area (TPSA) is 62.5 Å². The first kappa shape index (κ1) is 20.8. The van der Waals surface area contributed by atoms with E-state index < -0.39 is 0 Å². The largest absolute Gasteiger partial charge is 0.444 e. The molecule has 2 rings (SSSR count).